The molecule has 5 nitrogen and oxygen atoms in total. The van der Waals surface area contributed by atoms with E-state index >= 15 is 0 Å². The molecule has 0 aliphatic heterocycles. The molecule has 164 valence electrons. The van der Waals surface area contributed by atoms with Gasteiger partial charge >= 0.3 is 0 Å². The van der Waals surface area contributed by atoms with Crippen LogP contribution in [-0.2, 0) is 11.2 Å². The smallest absolute Gasteiger partial charge is 0.255 e. The summed E-state index contributed by atoms with van der Waals surface area (Å²) in [5.41, 5.74) is 2.33. The zero-order valence-corrected chi connectivity index (χ0v) is 18.3. The Bertz CT molecular complexity index is 1330. The van der Waals surface area contributed by atoms with Crippen molar-refractivity contribution in [2.24, 2.45) is 0 Å². The fraction of sp³-hybridized carbons (Fsp3) is 0.0385. The number of anilines is 2. The Hall–Kier alpha value is -4.10. The fourth-order valence-electron chi connectivity index (χ4n) is 3.43. The minimum absolute atomic E-state index is 0.135. The predicted molar refractivity (Wildman–Crippen MR) is 133 cm³/mol. The van der Waals surface area contributed by atoms with Crippen molar-refractivity contribution in [3.63, 3.8) is 0 Å². The SMILES string of the molecule is O=C(Cc1cccc2ccccc12)NC(=S)Nc1cccc(C(=O)Nc2ccc(F)cc2)c1. The summed E-state index contributed by atoms with van der Waals surface area (Å²) < 4.78 is 13.0. The Balaban J connectivity index is 1.36. The highest BCUT2D eigenvalue weighted by Crippen LogP contribution is 2.19. The average Bonchev–Trinajstić information content (AvgIpc) is 2.81. The molecule has 2 amide bonds. The van der Waals surface area contributed by atoms with Crippen LogP contribution in [0.25, 0.3) is 10.8 Å². The highest BCUT2D eigenvalue weighted by molar-refractivity contribution is 7.80. The van der Waals surface area contributed by atoms with Gasteiger partial charge < -0.3 is 16.0 Å². The number of nitrogens with one attached hydrogen (secondary N) is 3. The third-order valence-corrected chi connectivity index (χ3v) is 5.17. The molecule has 7 heteroatoms. The van der Waals surface area contributed by atoms with Gasteiger partial charge in [-0.15, -0.1) is 0 Å². The summed E-state index contributed by atoms with van der Waals surface area (Å²) in [6.07, 6.45) is 0.184. The Kier molecular flexibility index (Phi) is 6.71. The zero-order chi connectivity index (χ0) is 23.2. The van der Waals surface area contributed by atoms with Gasteiger partial charge in [0.2, 0.25) is 5.91 Å². The predicted octanol–water partition coefficient (Wildman–Crippen LogP) is 5.29. The number of rotatable bonds is 5. The van der Waals surface area contributed by atoms with E-state index in [9.17, 15) is 14.0 Å². The van der Waals surface area contributed by atoms with Crippen molar-refractivity contribution in [3.05, 3.63) is 108 Å². The minimum atomic E-state index is -0.379. The number of thiocarbonyl (C=S) groups is 1. The van der Waals surface area contributed by atoms with Gasteiger partial charge in [-0.3, -0.25) is 9.59 Å². The monoisotopic (exact) mass is 457 g/mol. The van der Waals surface area contributed by atoms with Crippen LogP contribution >= 0.6 is 12.2 Å². The summed E-state index contributed by atoms with van der Waals surface area (Å²) in [7, 11) is 0. The summed E-state index contributed by atoms with van der Waals surface area (Å²) in [4.78, 5) is 25.0. The number of hydrogen-bond acceptors (Lipinski definition) is 3. The number of fused-ring (bicyclic) bond motifs is 1. The molecule has 0 spiro atoms. The van der Waals surface area contributed by atoms with Crippen molar-refractivity contribution in [2.45, 2.75) is 6.42 Å². The van der Waals surface area contributed by atoms with Crippen molar-refractivity contribution in [1.82, 2.24) is 5.32 Å². The van der Waals surface area contributed by atoms with Crippen LogP contribution in [0.4, 0.5) is 15.8 Å². The van der Waals surface area contributed by atoms with Crippen molar-refractivity contribution in [2.75, 3.05) is 10.6 Å². The highest BCUT2D eigenvalue weighted by atomic mass is 32.1. The molecule has 0 radical (unpaired) electrons. The second-order valence-corrected chi connectivity index (χ2v) is 7.77. The maximum Gasteiger partial charge on any atom is 0.255 e. The van der Waals surface area contributed by atoms with Crippen LogP contribution in [0.1, 0.15) is 15.9 Å². The number of hydrogen-bond donors (Lipinski definition) is 3. The summed E-state index contributed by atoms with van der Waals surface area (Å²) in [5.74, 6) is -0.972. The molecule has 33 heavy (non-hydrogen) atoms. The molecular formula is C26H20FN3O2S. The quantitative estimate of drug-likeness (QED) is 0.356. The molecule has 4 rings (SSSR count). The van der Waals surface area contributed by atoms with Crippen molar-refractivity contribution < 1.29 is 14.0 Å². The van der Waals surface area contributed by atoms with Crippen LogP contribution in [0.15, 0.2) is 91.0 Å². The van der Waals surface area contributed by atoms with Crippen LogP contribution in [0.2, 0.25) is 0 Å². The Morgan fingerprint density at radius 3 is 2.33 bits per heavy atom. The molecular weight excluding hydrogens is 437 g/mol. The number of carbonyl (C=O) groups is 2. The van der Waals surface area contributed by atoms with Crippen LogP contribution in [0, 0.1) is 5.82 Å². The highest BCUT2D eigenvalue weighted by Gasteiger charge is 2.11. The first-order chi connectivity index (χ1) is 16.0. The van der Waals surface area contributed by atoms with Gasteiger partial charge in [-0.05, 0) is 71.0 Å². The first-order valence-electron chi connectivity index (χ1n) is 10.2. The van der Waals surface area contributed by atoms with Crippen LogP contribution < -0.4 is 16.0 Å². The molecule has 0 atom stereocenters. The van der Waals surface area contributed by atoms with Crippen molar-refractivity contribution in [1.29, 1.82) is 0 Å². The lowest BCUT2D eigenvalue weighted by Gasteiger charge is -2.12. The van der Waals surface area contributed by atoms with Gasteiger partial charge in [0.25, 0.3) is 5.91 Å². The number of benzene rings is 4. The summed E-state index contributed by atoms with van der Waals surface area (Å²) in [6, 6.07) is 25.9. The molecule has 3 N–H and O–H groups in total. The van der Waals surface area contributed by atoms with Crippen LogP contribution in [-0.4, -0.2) is 16.9 Å². The fourth-order valence-corrected chi connectivity index (χ4v) is 3.66. The first kappa shape index (κ1) is 22.1. The molecule has 0 aliphatic carbocycles. The van der Waals surface area contributed by atoms with E-state index in [0.29, 0.717) is 16.9 Å². The van der Waals surface area contributed by atoms with Gasteiger partial charge in [0.1, 0.15) is 5.82 Å². The molecule has 0 aromatic heterocycles. The van der Waals surface area contributed by atoms with Gasteiger partial charge in [-0.25, -0.2) is 4.39 Å². The summed E-state index contributed by atoms with van der Waals surface area (Å²) in [6.45, 7) is 0. The maximum atomic E-state index is 13.0. The first-order valence-corrected chi connectivity index (χ1v) is 10.6. The van der Waals surface area contributed by atoms with Gasteiger partial charge in [-0.2, -0.15) is 0 Å². The lowest BCUT2D eigenvalue weighted by atomic mass is 10.0. The topological polar surface area (TPSA) is 70.2 Å². The standard InChI is InChI=1S/C26H20FN3O2S/c27-20-11-13-21(14-12-20)28-25(32)19-8-4-9-22(15-19)29-26(33)30-24(31)16-18-7-3-6-17-5-1-2-10-23(17)18/h1-15H,16H2,(H,28,32)(H2,29,30,31,33). The van der Waals surface area contributed by atoms with E-state index in [2.05, 4.69) is 16.0 Å². The van der Waals surface area contributed by atoms with E-state index in [0.717, 1.165) is 16.3 Å². The van der Waals surface area contributed by atoms with Gasteiger partial charge in [0, 0.05) is 16.9 Å². The Morgan fingerprint density at radius 1 is 0.788 bits per heavy atom. The Morgan fingerprint density at radius 2 is 1.52 bits per heavy atom. The van der Waals surface area contributed by atoms with E-state index in [1.54, 1.807) is 24.3 Å². The van der Waals surface area contributed by atoms with Crippen molar-refractivity contribution in [3.8, 4) is 0 Å². The average molecular weight is 458 g/mol. The lowest BCUT2D eigenvalue weighted by molar-refractivity contribution is -0.119. The van der Waals surface area contributed by atoms with E-state index in [-0.39, 0.29) is 29.2 Å². The zero-order valence-electron chi connectivity index (χ0n) is 17.5. The second-order valence-electron chi connectivity index (χ2n) is 7.36. The number of carbonyl (C=O) groups excluding carboxylic acids is 2. The van der Waals surface area contributed by atoms with E-state index in [4.69, 9.17) is 12.2 Å². The molecule has 0 saturated heterocycles. The minimum Gasteiger partial charge on any atom is -0.332 e. The molecule has 0 aliphatic rings. The van der Waals surface area contributed by atoms with Gasteiger partial charge in [0.15, 0.2) is 5.11 Å². The number of halogens is 1. The molecule has 0 fully saturated rings. The Labute approximate surface area is 195 Å². The van der Waals surface area contributed by atoms with Gasteiger partial charge in [-0.1, -0.05) is 48.5 Å². The third kappa shape index (κ3) is 5.78. The normalized spacial score (nSPS) is 10.5. The number of amides is 2. The lowest BCUT2D eigenvalue weighted by Crippen LogP contribution is -2.35. The largest absolute Gasteiger partial charge is 0.332 e. The molecule has 0 saturated carbocycles. The van der Waals surface area contributed by atoms with Crippen LogP contribution in [0.5, 0.6) is 0 Å². The summed E-state index contributed by atoms with van der Waals surface area (Å²) >= 11 is 5.27. The van der Waals surface area contributed by atoms with Crippen molar-refractivity contribution >= 4 is 51.3 Å². The maximum absolute atomic E-state index is 13.0. The van der Waals surface area contributed by atoms with E-state index in [1.807, 2.05) is 42.5 Å². The van der Waals surface area contributed by atoms with Gasteiger partial charge in [0.05, 0.1) is 6.42 Å². The molecule has 4 aromatic rings. The van der Waals surface area contributed by atoms with Crippen LogP contribution in [0.3, 0.4) is 0 Å². The molecule has 0 bridgehead atoms. The molecule has 0 unspecified atom stereocenters. The third-order valence-electron chi connectivity index (χ3n) is 4.97. The van der Waals surface area contributed by atoms with E-state index < -0.39 is 0 Å². The molecule has 4 aromatic carbocycles. The molecule has 0 heterocycles. The van der Waals surface area contributed by atoms with E-state index in [1.165, 1.54) is 24.3 Å². The summed E-state index contributed by atoms with van der Waals surface area (Å²) in [5, 5.41) is 10.5. The second kappa shape index (κ2) is 10.0.